The molecular formula is C23H24N2O. The van der Waals surface area contributed by atoms with Gasteiger partial charge < -0.3 is 4.90 Å². The van der Waals surface area contributed by atoms with Crippen LogP contribution in [-0.4, -0.2) is 28.9 Å². The summed E-state index contributed by atoms with van der Waals surface area (Å²) < 4.78 is 0. The van der Waals surface area contributed by atoms with E-state index in [0.717, 1.165) is 54.5 Å². The van der Waals surface area contributed by atoms with Gasteiger partial charge in [-0.05, 0) is 49.8 Å². The molecular weight excluding hydrogens is 320 g/mol. The third kappa shape index (κ3) is 3.48. The number of piperidine rings is 1. The standard InChI is InChI=1S/C23H24N2O/c1-17-15-21(20-9-5-6-10-22(20)24-17)23(26)25-13-11-19(12-14-25)16-18-7-3-2-4-8-18/h2-10,15,19H,11-14,16H2,1H3. The van der Waals surface area contributed by atoms with E-state index in [2.05, 4.69) is 35.3 Å². The number of rotatable bonds is 3. The van der Waals surface area contributed by atoms with E-state index in [9.17, 15) is 4.79 Å². The molecule has 0 bridgehead atoms. The molecule has 3 nitrogen and oxygen atoms in total. The Labute approximate surface area is 154 Å². The molecule has 0 aliphatic carbocycles. The lowest BCUT2D eigenvalue weighted by molar-refractivity contribution is 0.0692. The van der Waals surface area contributed by atoms with Gasteiger partial charge >= 0.3 is 0 Å². The molecule has 1 aliphatic heterocycles. The average molecular weight is 344 g/mol. The van der Waals surface area contributed by atoms with Crippen LogP contribution in [0.1, 0.15) is 34.5 Å². The number of fused-ring (bicyclic) bond motifs is 1. The molecule has 0 unspecified atom stereocenters. The zero-order valence-corrected chi connectivity index (χ0v) is 15.2. The van der Waals surface area contributed by atoms with Crippen molar-refractivity contribution >= 4 is 16.8 Å². The number of aromatic nitrogens is 1. The summed E-state index contributed by atoms with van der Waals surface area (Å²) in [4.78, 5) is 19.7. The first kappa shape index (κ1) is 16.8. The summed E-state index contributed by atoms with van der Waals surface area (Å²) in [6.45, 7) is 3.63. The van der Waals surface area contributed by atoms with Crippen LogP contribution in [0.25, 0.3) is 10.9 Å². The van der Waals surface area contributed by atoms with Crippen molar-refractivity contribution in [2.45, 2.75) is 26.2 Å². The van der Waals surface area contributed by atoms with Gasteiger partial charge in [0.15, 0.2) is 0 Å². The number of aryl methyl sites for hydroxylation is 1. The Hall–Kier alpha value is -2.68. The third-order valence-electron chi connectivity index (χ3n) is 5.34. The molecule has 0 spiro atoms. The van der Waals surface area contributed by atoms with E-state index in [-0.39, 0.29) is 5.91 Å². The minimum Gasteiger partial charge on any atom is -0.339 e. The summed E-state index contributed by atoms with van der Waals surface area (Å²) in [5, 5.41) is 0.953. The lowest BCUT2D eigenvalue weighted by atomic mass is 9.90. The first-order valence-corrected chi connectivity index (χ1v) is 9.40. The number of carbonyl (C=O) groups is 1. The number of para-hydroxylation sites is 1. The Morgan fingerprint density at radius 3 is 2.50 bits per heavy atom. The second kappa shape index (κ2) is 7.28. The van der Waals surface area contributed by atoms with E-state index < -0.39 is 0 Å². The number of hydrogen-bond acceptors (Lipinski definition) is 2. The van der Waals surface area contributed by atoms with Gasteiger partial charge in [-0.1, -0.05) is 48.5 Å². The SMILES string of the molecule is Cc1cc(C(=O)N2CCC(Cc3ccccc3)CC2)c2ccccc2n1. The fraction of sp³-hybridized carbons (Fsp3) is 0.304. The quantitative estimate of drug-likeness (QED) is 0.693. The van der Waals surface area contributed by atoms with Gasteiger partial charge in [-0.2, -0.15) is 0 Å². The highest BCUT2D eigenvalue weighted by Gasteiger charge is 2.25. The maximum atomic E-state index is 13.1. The van der Waals surface area contributed by atoms with Crippen LogP contribution in [0.2, 0.25) is 0 Å². The first-order valence-electron chi connectivity index (χ1n) is 9.40. The molecule has 1 fully saturated rings. The molecule has 1 saturated heterocycles. The van der Waals surface area contributed by atoms with Crippen LogP contribution < -0.4 is 0 Å². The summed E-state index contributed by atoms with van der Waals surface area (Å²) >= 11 is 0. The van der Waals surface area contributed by atoms with Crippen molar-refractivity contribution in [2.75, 3.05) is 13.1 Å². The summed E-state index contributed by atoms with van der Waals surface area (Å²) in [7, 11) is 0. The molecule has 0 radical (unpaired) electrons. The minimum atomic E-state index is 0.143. The molecule has 2 heterocycles. The highest BCUT2D eigenvalue weighted by atomic mass is 16.2. The van der Waals surface area contributed by atoms with E-state index in [4.69, 9.17) is 0 Å². The highest BCUT2D eigenvalue weighted by Crippen LogP contribution is 2.25. The number of carbonyl (C=O) groups excluding carboxylic acids is 1. The van der Waals surface area contributed by atoms with Crippen LogP contribution in [0.3, 0.4) is 0 Å². The molecule has 2 aromatic carbocycles. The Balaban J connectivity index is 1.47. The molecule has 1 aromatic heterocycles. The van der Waals surface area contributed by atoms with Gasteiger partial charge in [-0.25, -0.2) is 0 Å². The van der Waals surface area contributed by atoms with Crippen LogP contribution in [0.4, 0.5) is 0 Å². The molecule has 0 saturated carbocycles. The molecule has 4 rings (SSSR count). The normalized spacial score (nSPS) is 15.3. The summed E-state index contributed by atoms with van der Waals surface area (Å²) in [5.41, 5.74) is 3.98. The van der Waals surface area contributed by atoms with Crippen LogP contribution >= 0.6 is 0 Å². The van der Waals surface area contributed by atoms with Crippen molar-refractivity contribution in [1.29, 1.82) is 0 Å². The fourth-order valence-corrected chi connectivity index (χ4v) is 3.94. The molecule has 0 atom stereocenters. The number of amides is 1. The Kier molecular flexibility index (Phi) is 4.70. The zero-order chi connectivity index (χ0) is 17.9. The van der Waals surface area contributed by atoms with Crippen molar-refractivity contribution in [3.8, 4) is 0 Å². The Morgan fingerprint density at radius 2 is 1.73 bits per heavy atom. The minimum absolute atomic E-state index is 0.143. The number of benzene rings is 2. The Bertz CT molecular complexity index is 912. The number of nitrogens with zero attached hydrogens (tertiary/aromatic N) is 2. The van der Waals surface area contributed by atoms with Crippen LogP contribution in [0.15, 0.2) is 60.7 Å². The molecule has 3 heteroatoms. The number of pyridine rings is 1. The van der Waals surface area contributed by atoms with Gasteiger partial charge in [0, 0.05) is 24.2 Å². The lowest BCUT2D eigenvalue weighted by Crippen LogP contribution is -2.39. The third-order valence-corrected chi connectivity index (χ3v) is 5.34. The van der Waals surface area contributed by atoms with Gasteiger partial charge in [-0.3, -0.25) is 9.78 Å². The maximum absolute atomic E-state index is 13.1. The second-order valence-corrected chi connectivity index (χ2v) is 7.25. The van der Waals surface area contributed by atoms with Gasteiger partial charge in [-0.15, -0.1) is 0 Å². The van der Waals surface area contributed by atoms with Crippen molar-refractivity contribution in [1.82, 2.24) is 9.88 Å². The predicted molar refractivity (Wildman–Crippen MR) is 105 cm³/mol. The van der Waals surface area contributed by atoms with Gasteiger partial charge in [0.05, 0.1) is 11.1 Å². The molecule has 3 aromatic rings. The summed E-state index contributed by atoms with van der Waals surface area (Å²) in [5.74, 6) is 0.808. The van der Waals surface area contributed by atoms with Crippen LogP contribution in [0, 0.1) is 12.8 Å². The second-order valence-electron chi connectivity index (χ2n) is 7.25. The molecule has 1 amide bonds. The highest BCUT2D eigenvalue weighted by molar-refractivity contribution is 6.06. The van der Waals surface area contributed by atoms with Gasteiger partial charge in [0.2, 0.25) is 0 Å². The monoisotopic (exact) mass is 344 g/mol. The predicted octanol–water partition coefficient (Wildman–Crippen LogP) is 4.64. The summed E-state index contributed by atoms with van der Waals surface area (Å²) in [6.07, 6.45) is 3.26. The van der Waals surface area contributed by atoms with E-state index >= 15 is 0 Å². The van der Waals surface area contributed by atoms with E-state index in [1.54, 1.807) is 0 Å². The first-order chi connectivity index (χ1) is 12.7. The van der Waals surface area contributed by atoms with E-state index in [1.165, 1.54) is 5.56 Å². The largest absolute Gasteiger partial charge is 0.339 e. The topological polar surface area (TPSA) is 33.2 Å². The van der Waals surface area contributed by atoms with Crippen molar-refractivity contribution in [3.63, 3.8) is 0 Å². The molecule has 0 N–H and O–H groups in total. The van der Waals surface area contributed by atoms with Crippen molar-refractivity contribution in [3.05, 3.63) is 77.5 Å². The number of likely N-dealkylation sites (tertiary alicyclic amines) is 1. The summed E-state index contributed by atoms with van der Waals surface area (Å²) in [6, 6.07) is 20.5. The van der Waals surface area contributed by atoms with Crippen LogP contribution in [-0.2, 0) is 6.42 Å². The number of hydrogen-bond donors (Lipinski definition) is 0. The smallest absolute Gasteiger partial charge is 0.254 e. The molecule has 1 aliphatic rings. The van der Waals surface area contributed by atoms with Crippen LogP contribution in [0.5, 0.6) is 0 Å². The van der Waals surface area contributed by atoms with Gasteiger partial charge in [0.25, 0.3) is 5.91 Å². The van der Waals surface area contributed by atoms with Crippen molar-refractivity contribution in [2.24, 2.45) is 5.92 Å². The Morgan fingerprint density at radius 1 is 1.04 bits per heavy atom. The maximum Gasteiger partial charge on any atom is 0.254 e. The van der Waals surface area contributed by atoms with Crippen molar-refractivity contribution < 1.29 is 4.79 Å². The van der Waals surface area contributed by atoms with E-state index in [0.29, 0.717) is 5.92 Å². The van der Waals surface area contributed by atoms with Gasteiger partial charge in [0.1, 0.15) is 0 Å². The lowest BCUT2D eigenvalue weighted by Gasteiger charge is -2.32. The zero-order valence-electron chi connectivity index (χ0n) is 15.2. The molecule has 132 valence electrons. The average Bonchev–Trinajstić information content (AvgIpc) is 2.68. The van der Waals surface area contributed by atoms with E-state index in [1.807, 2.05) is 42.2 Å². The fourth-order valence-electron chi connectivity index (χ4n) is 3.94. The molecule has 26 heavy (non-hydrogen) atoms.